The van der Waals surface area contributed by atoms with Gasteiger partial charge in [-0.15, -0.1) is 0 Å². The van der Waals surface area contributed by atoms with E-state index in [9.17, 15) is 9.18 Å². The zero-order valence-corrected chi connectivity index (χ0v) is 12.3. The van der Waals surface area contributed by atoms with Crippen molar-refractivity contribution in [3.8, 4) is 0 Å². The Morgan fingerprint density at radius 3 is 2.68 bits per heavy atom. The van der Waals surface area contributed by atoms with Gasteiger partial charge in [-0.2, -0.15) is 0 Å². The van der Waals surface area contributed by atoms with Crippen molar-refractivity contribution >= 4 is 39.1 Å². The van der Waals surface area contributed by atoms with Crippen molar-refractivity contribution in [1.82, 2.24) is 0 Å². The summed E-state index contributed by atoms with van der Waals surface area (Å²) in [7, 11) is 0. The first-order valence-corrected chi connectivity index (χ1v) is 6.67. The summed E-state index contributed by atoms with van der Waals surface area (Å²) in [6.07, 6.45) is 0. The van der Waals surface area contributed by atoms with Crippen molar-refractivity contribution in [2.45, 2.75) is 6.92 Å². The zero-order chi connectivity index (χ0) is 14.0. The molecule has 0 bridgehead atoms. The van der Waals surface area contributed by atoms with Crippen LogP contribution in [0.25, 0.3) is 0 Å². The average Bonchev–Trinajstić information content (AvgIpc) is 2.33. The van der Waals surface area contributed by atoms with Crippen molar-refractivity contribution < 1.29 is 9.18 Å². The van der Waals surface area contributed by atoms with Gasteiger partial charge in [-0.25, -0.2) is 4.39 Å². The van der Waals surface area contributed by atoms with Gasteiger partial charge < -0.3 is 5.32 Å². The number of anilines is 1. The van der Waals surface area contributed by atoms with E-state index >= 15 is 0 Å². The van der Waals surface area contributed by atoms with E-state index in [4.69, 9.17) is 11.6 Å². The van der Waals surface area contributed by atoms with Gasteiger partial charge in [-0.05, 0) is 52.7 Å². The molecule has 2 aromatic rings. The number of hydrogen-bond donors (Lipinski definition) is 1. The van der Waals surface area contributed by atoms with Gasteiger partial charge in [-0.1, -0.05) is 23.7 Å². The van der Waals surface area contributed by atoms with Crippen molar-refractivity contribution in [1.29, 1.82) is 0 Å². The molecule has 0 fully saturated rings. The third-order valence-electron chi connectivity index (χ3n) is 2.57. The summed E-state index contributed by atoms with van der Waals surface area (Å²) in [6.45, 7) is 1.92. The lowest BCUT2D eigenvalue weighted by molar-refractivity contribution is 0.102. The third kappa shape index (κ3) is 3.14. The highest BCUT2D eigenvalue weighted by Gasteiger charge is 2.14. The SMILES string of the molecule is Cc1ccc(C(=O)Nc2c(F)cccc2Cl)c(Br)c1. The number of carbonyl (C=O) groups is 1. The Morgan fingerprint density at radius 2 is 2.05 bits per heavy atom. The van der Waals surface area contributed by atoms with E-state index in [0.29, 0.717) is 10.0 Å². The van der Waals surface area contributed by atoms with E-state index in [0.717, 1.165) is 5.56 Å². The quantitative estimate of drug-likeness (QED) is 0.834. The fourth-order valence-electron chi connectivity index (χ4n) is 1.60. The van der Waals surface area contributed by atoms with Crippen LogP contribution in [-0.2, 0) is 0 Å². The van der Waals surface area contributed by atoms with Gasteiger partial charge in [0.25, 0.3) is 5.91 Å². The second-order valence-electron chi connectivity index (χ2n) is 4.03. The van der Waals surface area contributed by atoms with Crippen LogP contribution in [0.3, 0.4) is 0 Å². The molecule has 0 aromatic heterocycles. The molecule has 19 heavy (non-hydrogen) atoms. The Hall–Kier alpha value is -1.39. The average molecular weight is 343 g/mol. The molecule has 0 saturated carbocycles. The molecule has 1 amide bonds. The lowest BCUT2D eigenvalue weighted by atomic mass is 10.1. The summed E-state index contributed by atoms with van der Waals surface area (Å²) >= 11 is 9.17. The predicted molar refractivity (Wildman–Crippen MR) is 78.2 cm³/mol. The Balaban J connectivity index is 2.31. The maximum Gasteiger partial charge on any atom is 0.256 e. The Labute approximate surface area is 123 Å². The minimum atomic E-state index is -0.566. The number of amides is 1. The molecule has 0 aliphatic carbocycles. The van der Waals surface area contributed by atoms with E-state index < -0.39 is 11.7 Å². The molecular formula is C14H10BrClFNO. The van der Waals surface area contributed by atoms with E-state index in [1.54, 1.807) is 6.07 Å². The molecule has 2 aromatic carbocycles. The molecule has 5 heteroatoms. The largest absolute Gasteiger partial charge is 0.318 e. The van der Waals surface area contributed by atoms with Crippen LogP contribution >= 0.6 is 27.5 Å². The standard InChI is InChI=1S/C14H10BrClFNO/c1-8-5-6-9(10(15)7-8)14(19)18-13-11(16)3-2-4-12(13)17/h2-7H,1H3,(H,18,19). The van der Waals surface area contributed by atoms with Crippen LogP contribution in [0.5, 0.6) is 0 Å². The second-order valence-corrected chi connectivity index (χ2v) is 5.30. The van der Waals surface area contributed by atoms with Gasteiger partial charge >= 0.3 is 0 Å². The van der Waals surface area contributed by atoms with Crippen LogP contribution in [0.1, 0.15) is 15.9 Å². The van der Waals surface area contributed by atoms with Crippen LogP contribution in [0.4, 0.5) is 10.1 Å². The summed E-state index contributed by atoms with van der Waals surface area (Å²) in [5.41, 5.74) is 1.43. The summed E-state index contributed by atoms with van der Waals surface area (Å²) in [6, 6.07) is 9.54. The van der Waals surface area contributed by atoms with Gasteiger partial charge in [0.05, 0.1) is 16.3 Å². The topological polar surface area (TPSA) is 29.1 Å². The number of rotatable bonds is 2. The summed E-state index contributed by atoms with van der Waals surface area (Å²) < 4.78 is 14.2. The van der Waals surface area contributed by atoms with E-state index in [-0.39, 0.29) is 10.7 Å². The number of halogens is 3. The smallest absolute Gasteiger partial charge is 0.256 e. The van der Waals surface area contributed by atoms with Crippen molar-refractivity contribution in [2.75, 3.05) is 5.32 Å². The van der Waals surface area contributed by atoms with Gasteiger partial charge in [0.15, 0.2) is 0 Å². The van der Waals surface area contributed by atoms with Crippen LogP contribution in [-0.4, -0.2) is 5.91 Å². The fourth-order valence-corrected chi connectivity index (χ4v) is 2.49. The maximum atomic E-state index is 13.6. The van der Waals surface area contributed by atoms with Gasteiger partial charge in [0.1, 0.15) is 5.82 Å². The van der Waals surface area contributed by atoms with E-state index in [2.05, 4.69) is 21.2 Å². The van der Waals surface area contributed by atoms with Crippen LogP contribution in [0.15, 0.2) is 40.9 Å². The molecule has 98 valence electrons. The zero-order valence-electron chi connectivity index (χ0n) is 10.0. The summed E-state index contributed by atoms with van der Waals surface area (Å²) in [4.78, 5) is 12.1. The molecule has 0 spiro atoms. The molecule has 0 aliphatic heterocycles. The number of benzene rings is 2. The Kier molecular flexibility index (Phi) is 4.22. The molecule has 0 radical (unpaired) electrons. The molecule has 2 nitrogen and oxygen atoms in total. The minimum absolute atomic E-state index is 0.0124. The summed E-state index contributed by atoms with van der Waals surface area (Å²) in [5, 5.41) is 2.64. The minimum Gasteiger partial charge on any atom is -0.318 e. The third-order valence-corrected chi connectivity index (χ3v) is 3.54. The lowest BCUT2D eigenvalue weighted by Gasteiger charge is -2.09. The molecule has 2 rings (SSSR count). The van der Waals surface area contributed by atoms with Gasteiger partial charge in [-0.3, -0.25) is 4.79 Å². The number of hydrogen-bond acceptors (Lipinski definition) is 1. The first-order valence-electron chi connectivity index (χ1n) is 5.50. The first-order chi connectivity index (χ1) is 8.99. The van der Waals surface area contributed by atoms with Crippen LogP contribution < -0.4 is 5.32 Å². The number of nitrogens with one attached hydrogen (secondary N) is 1. The molecule has 0 unspecified atom stereocenters. The molecular weight excluding hydrogens is 333 g/mol. The van der Waals surface area contributed by atoms with Crippen LogP contribution in [0.2, 0.25) is 5.02 Å². The lowest BCUT2D eigenvalue weighted by Crippen LogP contribution is -2.14. The molecule has 1 N–H and O–H groups in total. The molecule has 0 atom stereocenters. The van der Waals surface area contributed by atoms with Gasteiger partial charge in [0, 0.05) is 4.47 Å². The fraction of sp³-hybridized carbons (Fsp3) is 0.0714. The molecule has 0 heterocycles. The van der Waals surface area contributed by atoms with Gasteiger partial charge in [0.2, 0.25) is 0 Å². The van der Waals surface area contributed by atoms with Crippen molar-refractivity contribution in [3.05, 3.63) is 62.8 Å². The monoisotopic (exact) mass is 341 g/mol. The highest BCUT2D eigenvalue weighted by molar-refractivity contribution is 9.10. The molecule has 0 saturated heterocycles. The Morgan fingerprint density at radius 1 is 1.32 bits per heavy atom. The number of para-hydroxylation sites is 1. The number of carbonyl (C=O) groups excluding carboxylic acids is 1. The predicted octanol–water partition coefficient (Wildman–Crippen LogP) is 4.80. The second kappa shape index (κ2) is 5.72. The highest BCUT2D eigenvalue weighted by atomic mass is 79.9. The van der Waals surface area contributed by atoms with Crippen molar-refractivity contribution in [2.24, 2.45) is 0 Å². The van der Waals surface area contributed by atoms with E-state index in [1.165, 1.54) is 18.2 Å². The van der Waals surface area contributed by atoms with E-state index in [1.807, 2.05) is 19.1 Å². The van der Waals surface area contributed by atoms with Crippen molar-refractivity contribution in [3.63, 3.8) is 0 Å². The summed E-state index contributed by atoms with van der Waals surface area (Å²) in [5.74, 6) is -0.983. The maximum absolute atomic E-state index is 13.6. The normalized spacial score (nSPS) is 10.3. The first kappa shape index (κ1) is 14.0. The Bertz CT molecular complexity index is 625. The van der Waals surface area contributed by atoms with Crippen LogP contribution in [0, 0.1) is 12.7 Å². The number of aryl methyl sites for hydroxylation is 1. The highest BCUT2D eigenvalue weighted by Crippen LogP contribution is 2.26. The molecule has 0 aliphatic rings.